The average molecular weight is 354 g/mol. The summed E-state index contributed by atoms with van der Waals surface area (Å²) in [7, 11) is 0. The third-order valence-electron chi connectivity index (χ3n) is 5.16. The molecule has 1 aliphatic carbocycles. The summed E-state index contributed by atoms with van der Waals surface area (Å²) in [5, 5.41) is 2.08. The summed E-state index contributed by atoms with van der Waals surface area (Å²) >= 11 is 1.74. The van der Waals surface area contributed by atoms with Crippen molar-refractivity contribution in [1.29, 1.82) is 0 Å². The van der Waals surface area contributed by atoms with E-state index in [0.29, 0.717) is 38.5 Å². The van der Waals surface area contributed by atoms with E-state index >= 15 is 0 Å². The van der Waals surface area contributed by atoms with E-state index in [9.17, 15) is 9.59 Å². The topological polar surface area (TPSA) is 40.6 Å². The Kier molecular flexibility index (Phi) is 4.57. The highest BCUT2D eigenvalue weighted by atomic mass is 32.1. The average Bonchev–Trinajstić information content (AvgIpc) is 3.26. The van der Waals surface area contributed by atoms with Gasteiger partial charge in [-0.1, -0.05) is 36.4 Å². The number of nitrogens with zero attached hydrogens (tertiary/aromatic N) is 2. The molecule has 2 aliphatic rings. The van der Waals surface area contributed by atoms with Crippen LogP contribution in [0.1, 0.15) is 22.8 Å². The SMILES string of the molecule is O=C(Cc1ccccc1)N1CCN(C(=O)C2CC2c2cccs2)CC1. The first-order chi connectivity index (χ1) is 12.2. The molecule has 2 aromatic rings. The van der Waals surface area contributed by atoms with Gasteiger partial charge in [0.05, 0.1) is 6.42 Å². The van der Waals surface area contributed by atoms with Crippen molar-refractivity contribution in [3.63, 3.8) is 0 Å². The maximum atomic E-state index is 12.7. The molecule has 2 unspecified atom stereocenters. The van der Waals surface area contributed by atoms with E-state index in [2.05, 4.69) is 17.5 Å². The van der Waals surface area contributed by atoms with Crippen molar-refractivity contribution in [3.8, 4) is 0 Å². The number of benzene rings is 1. The molecule has 4 nitrogen and oxygen atoms in total. The normalized spacial score (nSPS) is 22.7. The summed E-state index contributed by atoms with van der Waals surface area (Å²) in [5.74, 6) is 1.00. The molecule has 2 fully saturated rings. The van der Waals surface area contributed by atoms with Crippen LogP contribution < -0.4 is 0 Å². The number of piperazine rings is 1. The minimum atomic E-state index is 0.154. The Morgan fingerprint density at radius 3 is 2.36 bits per heavy atom. The van der Waals surface area contributed by atoms with Gasteiger partial charge in [-0.15, -0.1) is 11.3 Å². The minimum absolute atomic E-state index is 0.154. The van der Waals surface area contributed by atoms with Gasteiger partial charge in [0.25, 0.3) is 0 Å². The van der Waals surface area contributed by atoms with E-state index in [1.54, 1.807) is 11.3 Å². The second kappa shape index (κ2) is 7.00. The first-order valence-electron chi connectivity index (χ1n) is 8.86. The number of thiophene rings is 1. The van der Waals surface area contributed by atoms with E-state index < -0.39 is 0 Å². The summed E-state index contributed by atoms with van der Waals surface area (Å²) in [6, 6.07) is 14.0. The molecule has 1 saturated carbocycles. The third kappa shape index (κ3) is 3.61. The fourth-order valence-electron chi connectivity index (χ4n) is 3.58. The molecule has 25 heavy (non-hydrogen) atoms. The molecule has 1 aromatic heterocycles. The van der Waals surface area contributed by atoms with E-state index in [-0.39, 0.29) is 17.7 Å². The molecule has 1 aliphatic heterocycles. The summed E-state index contributed by atoms with van der Waals surface area (Å²) in [6.45, 7) is 2.61. The van der Waals surface area contributed by atoms with E-state index in [4.69, 9.17) is 0 Å². The van der Waals surface area contributed by atoms with Crippen LogP contribution in [0.5, 0.6) is 0 Å². The molecule has 0 bridgehead atoms. The number of hydrogen-bond acceptors (Lipinski definition) is 3. The zero-order valence-electron chi connectivity index (χ0n) is 14.1. The molecule has 2 amide bonds. The van der Waals surface area contributed by atoms with Crippen molar-refractivity contribution in [1.82, 2.24) is 9.80 Å². The van der Waals surface area contributed by atoms with Crippen LogP contribution in [-0.2, 0) is 16.0 Å². The van der Waals surface area contributed by atoms with Crippen molar-refractivity contribution >= 4 is 23.2 Å². The lowest BCUT2D eigenvalue weighted by Crippen LogP contribution is -2.51. The Morgan fingerprint density at radius 1 is 0.960 bits per heavy atom. The van der Waals surface area contributed by atoms with Gasteiger partial charge in [-0.2, -0.15) is 0 Å². The predicted molar refractivity (Wildman–Crippen MR) is 98.5 cm³/mol. The summed E-state index contributed by atoms with van der Waals surface area (Å²) in [4.78, 5) is 30.2. The van der Waals surface area contributed by atoms with Crippen molar-refractivity contribution in [3.05, 3.63) is 58.3 Å². The van der Waals surface area contributed by atoms with Crippen LogP contribution in [0.15, 0.2) is 47.8 Å². The number of hydrogen-bond donors (Lipinski definition) is 0. The van der Waals surface area contributed by atoms with Crippen molar-refractivity contribution < 1.29 is 9.59 Å². The zero-order valence-corrected chi connectivity index (χ0v) is 15.0. The minimum Gasteiger partial charge on any atom is -0.339 e. The van der Waals surface area contributed by atoms with Crippen molar-refractivity contribution in [2.75, 3.05) is 26.2 Å². The van der Waals surface area contributed by atoms with Gasteiger partial charge in [-0.3, -0.25) is 9.59 Å². The van der Waals surface area contributed by atoms with E-state index in [1.165, 1.54) is 4.88 Å². The number of carbonyl (C=O) groups excluding carboxylic acids is 2. The Labute approximate surface area is 152 Å². The Hall–Kier alpha value is -2.14. The van der Waals surface area contributed by atoms with Gasteiger partial charge in [-0.05, 0) is 23.4 Å². The number of rotatable bonds is 4. The van der Waals surface area contributed by atoms with Crippen LogP contribution in [0.4, 0.5) is 0 Å². The molecular weight excluding hydrogens is 332 g/mol. The van der Waals surface area contributed by atoms with Crippen LogP contribution in [-0.4, -0.2) is 47.8 Å². The monoisotopic (exact) mass is 354 g/mol. The maximum Gasteiger partial charge on any atom is 0.227 e. The number of amides is 2. The fraction of sp³-hybridized carbons (Fsp3) is 0.400. The lowest BCUT2D eigenvalue weighted by atomic mass is 10.1. The second-order valence-electron chi connectivity index (χ2n) is 6.83. The first-order valence-corrected chi connectivity index (χ1v) is 9.74. The molecule has 1 saturated heterocycles. The Bertz CT molecular complexity index is 736. The zero-order chi connectivity index (χ0) is 17.2. The molecule has 130 valence electrons. The highest BCUT2D eigenvalue weighted by Crippen LogP contribution is 2.50. The van der Waals surface area contributed by atoms with Crippen LogP contribution in [0.25, 0.3) is 0 Å². The molecule has 5 heteroatoms. The summed E-state index contributed by atoms with van der Waals surface area (Å²) in [6.07, 6.45) is 1.42. The van der Waals surface area contributed by atoms with Gasteiger partial charge >= 0.3 is 0 Å². The van der Waals surface area contributed by atoms with E-state index in [1.807, 2.05) is 40.1 Å². The molecule has 0 N–H and O–H groups in total. The molecular formula is C20H22N2O2S. The predicted octanol–water partition coefficient (Wildman–Crippen LogP) is 2.77. The number of carbonyl (C=O) groups is 2. The lowest BCUT2D eigenvalue weighted by Gasteiger charge is -2.35. The molecule has 1 aromatic carbocycles. The highest BCUT2D eigenvalue weighted by Gasteiger charge is 2.46. The molecule has 2 heterocycles. The Balaban J connectivity index is 1.27. The molecule has 0 spiro atoms. The van der Waals surface area contributed by atoms with Crippen molar-refractivity contribution in [2.24, 2.45) is 5.92 Å². The lowest BCUT2D eigenvalue weighted by molar-refractivity contribution is -0.140. The fourth-order valence-corrected chi connectivity index (χ4v) is 4.48. The molecule has 2 atom stereocenters. The smallest absolute Gasteiger partial charge is 0.227 e. The van der Waals surface area contributed by atoms with Gasteiger partial charge in [-0.25, -0.2) is 0 Å². The van der Waals surface area contributed by atoms with E-state index in [0.717, 1.165) is 12.0 Å². The van der Waals surface area contributed by atoms with Crippen LogP contribution in [0.3, 0.4) is 0 Å². The largest absolute Gasteiger partial charge is 0.339 e. The van der Waals surface area contributed by atoms with Gasteiger partial charge < -0.3 is 9.80 Å². The standard InChI is InChI=1S/C20H22N2O2S/c23-19(13-15-5-2-1-3-6-15)21-8-10-22(11-9-21)20(24)17-14-16(17)18-7-4-12-25-18/h1-7,12,16-17H,8-11,13-14H2. The van der Waals surface area contributed by atoms with Crippen LogP contribution in [0.2, 0.25) is 0 Å². The first kappa shape index (κ1) is 16.3. The summed E-state index contributed by atoms with van der Waals surface area (Å²) < 4.78 is 0. The molecule has 0 radical (unpaired) electrons. The quantitative estimate of drug-likeness (QED) is 0.847. The third-order valence-corrected chi connectivity index (χ3v) is 6.16. The second-order valence-corrected chi connectivity index (χ2v) is 7.81. The van der Waals surface area contributed by atoms with Gasteiger partial charge in [0.1, 0.15) is 0 Å². The summed E-state index contributed by atoms with van der Waals surface area (Å²) in [5.41, 5.74) is 1.04. The maximum absolute atomic E-state index is 12.7. The van der Waals surface area contributed by atoms with Gasteiger partial charge in [0, 0.05) is 42.9 Å². The van der Waals surface area contributed by atoms with Crippen LogP contribution in [0, 0.1) is 5.92 Å². The Morgan fingerprint density at radius 2 is 1.68 bits per heavy atom. The van der Waals surface area contributed by atoms with Gasteiger partial charge in [0.15, 0.2) is 0 Å². The van der Waals surface area contributed by atoms with Gasteiger partial charge in [0.2, 0.25) is 11.8 Å². The molecule has 4 rings (SSSR count). The van der Waals surface area contributed by atoms with Crippen molar-refractivity contribution in [2.45, 2.75) is 18.8 Å². The highest BCUT2D eigenvalue weighted by molar-refractivity contribution is 7.10. The van der Waals surface area contributed by atoms with Crippen LogP contribution >= 0.6 is 11.3 Å².